The van der Waals surface area contributed by atoms with E-state index in [1.807, 2.05) is 4.90 Å². The van der Waals surface area contributed by atoms with Crippen LogP contribution >= 0.6 is 0 Å². The zero-order chi connectivity index (χ0) is 15.8. The lowest BCUT2D eigenvalue weighted by molar-refractivity contribution is -0.139. The van der Waals surface area contributed by atoms with Gasteiger partial charge in [0.05, 0.1) is 5.75 Å². The second kappa shape index (κ2) is 5.90. The van der Waals surface area contributed by atoms with E-state index in [0.29, 0.717) is 5.92 Å². The fourth-order valence-corrected chi connectivity index (χ4v) is 5.46. The Morgan fingerprint density at radius 2 is 1.95 bits per heavy atom. The summed E-state index contributed by atoms with van der Waals surface area (Å²) >= 11 is 0. The molecule has 5 heteroatoms. The molecule has 0 spiro atoms. The van der Waals surface area contributed by atoms with Crippen LogP contribution in [0.1, 0.15) is 52.9 Å². The first-order valence-corrected chi connectivity index (χ1v) is 10.1. The van der Waals surface area contributed by atoms with Gasteiger partial charge < -0.3 is 4.90 Å². The topological polar surface area (TPSA) is 54.5 Å². The maximum atomic E-state index is 12.9. The van der Waals surface area contributed by atoms with Crippen LogP contribution in [0.4, 0.5) is 0 Å². The summed E-state index contributed by atoms with van der Waals surface area (Å²) in [5, 5.41) is 0. The minimum absolute atomic E-state index is 0.0731. The molecule has 1 aliphatic heterocycles. The van der Waals surface area contributed by atoms with E-state index >= 15 is 0 Å². The monoisotopic (exact) mass is 315 g/mol. The molecule has 2 unspecified atom stereocenters. The summed E-state index contributed by atoms with van der Waals surface area (Å²) in [6.45, 7) is 7.42. The molecule has 1 saturated carbocycles. The summed E-state index contributed by atoms with van der Waals surface area (Å²) in [6, 6.07) is -0.104. The Morgan fingerprint density at radius 3 is 2.52 bits per heavy atom. The largest absolute Gasteiger partial charge is 0.338 e. The number of carbonyl (C=O) groups is 1. The molecule has 2 aliphatic rings. The highest BCUT2D eigenvalue weighted by atomic mass is 32.2. The Kier molecular flexibility index (Phi) is 4.72. The number of rotatable bonds is 3. The van der Waals surface area contributed by atoms with Crippen molar-refractivity contribution in [1.82, 2.24) is 4.90 Å². The van der Waals surface area contributed by atoms with Crippen LogP contribution in [0.2, 0.25) is 0 Å². The van der Waals surface area contributed by atoms with Gasteiger partial charge in [0.25, 0.3) is 0 Å². The quantitative estimate of drug-likeness (QED) is 0.804. The number of likely N-dealkylation sites (tertiary alicyclic amines) is 1. The molecule has 1 amide bonds. The zero-order valence-corrected chi connectivity index (χ0v) is 14.6. The minimum atomic E-state index is -3.03. The molecule has 1 saturated heterocycles. The maximum absolute atomic E-state index is 12.9. The van der Waals surface area contributed by atoms with E-state index in [1.54, 1.807) is 0 Å². The Morgan fingerprint density at radius 1 is 1.29 bits per heavy atom. The molecule has 0 bridgehead atoms. The van der Waals surface area contributed by atoms with Gasteiger partial charge in [-0.1, -0.05) is 20.8 Å². The van der Waals surface area contributed by atoms with Gasteiger partial charge in [-0.2, -0.15) is 0 Å². The third-order valence-electron chi connectivity index (χ3n) is 4.89. The molecule has 4 nitrogen and oxygen atoms in total. The van der Waals surface area contributed by atoms with Crippen molar-refractivity contribution in [1.29, 1.82) is 0 Å². The molecule has 0 radical (unpaired) electrons. The van der Waals surface area contributed by atoms with Crippen molar-refractivity contribution in [3.05, 3.63) is 0 Å². The summed E-state index contributed by atoms with van der Waals surface area (Å²) in [6.07, 6.45) is 6.06. The summed E-state index contributed by atoms with van der Waals surface area (Å²) in [5.74, 6) is 0.952. The molecule has 1 aliphatic carbocycles. The molecule has 122 valence electrons. The second-order valence-electron chi connectivity index (χ2n) is 8.03. The molecule has 2 rings (SSSR count). The lowest BCUT2D eigenvalue weighted by Crippen LogP contribution is -2.45. The second-order valence-corrected chi connectivity index (χ2v) is 10.2. The summed E-state index contributed by atoms with van der Waals surface area (Å²) in [4.78, 5) is 14.7. The van der Waals surface area contributed by atoms with Crippen molar-refractivity contribution in [3.63, 3.8) is 0 Å². The Hall–Kier alpha value is -0.580. The molecule has 3 atom stereocenters. The third-order valence-corrected chi connectivity index (χ3v) is 5.88. The van der Waals surface area contributed by atoms with Gasteiger partial charge in [0.15, 0.2) is 0 Å². The number of hydrogen-bond acceptors (Lipinski definition) is 3. The highest BCUT2D eigenvalue weighted by molar-refractivity contribution is 7.90. The average Bonchev–Trinajstić information content (AvgIpc) is 2.70. The SMILES string of the molecule is CC1CC(C(=O)N2CCC[C@@H]2CS(C)(=O)=O)CC(C)(C)C1. The van der Waals surface area contributed by atoms with Gasteiger partial charge in [-0.25, -0.2) is 8.42 Å². The Balaban J connectivity index is 2.08. The summed E-state index contributed by atoms with van der Waals surface area (Å²) in [7, 11) is -3.03. The number of nitrogens with zero attached hydrogens (tertiary/aromatic N) is 1. The third kappa shape index (κ3) is 4.44. The van der Waals surface area contributed by atoms with Crippen molar-refractivity contribution in [2.45, 2.75) is 58.9 Å². The lowest BCUT2D eigenvalue weighted by Gasteiger charge is -2.40. The highest BCUT2D eigenvalue weighted by Crippen LogP contribution is 2.42. The van der Waals surface area contributed by atoms with Crippen molar-refractivity contribution in [2.24, 2.45) is 17.3 Å². The standard InChI is InChI=1S/C16H29NO3S/c1-12-8-13(10-16(2,3)9-12)15(18)17-7-5-6-14(17)11-21(4,19)20/h12-14H,5-11H2,1-4H3/t12?,13?,14-/m1/s1. The molecule has 21 heavy (non-hydrogen) atoms. The van der Waals surface area contributed by atoms with Gasteiger partial charge in [0.1, 0.15) is 9.84 Å². The van der Waals surface area contributed by atoms with Gasteiger partial charge in [0, 0.05) is 24.8 Å². The van der Waals surface area contributed by atoms with Crippen molar-refractivity contribution < 1.29 is 13.2 Å². The van der Waals surface area contributed by atoms with Crippen LogP contribution in [0.5, 0.6) is 0 Å². The molecular weight excluding hydrogens is 286 g/mol. The predicted molar refractivity (Wildman–Crippen MR) is 84.7 cm³/mol. The number of amides is 1. The lowest BCUT2D eigenvalue weighted by atomic mass is 9.67. The van der Waals surface area contributed by atoms with Crippen LogP contribution < -0.4 is 0 Å². The Labute approximate surface area is 129 Å². The molecule has 0 aromatic rings. The van der Waals surface area contributed by atoms with Crippen LogP contribution in [0, 0.1) is 17.3 Å². The van der Waals surface area contributed by atoms with E-state index in [-0.39, 0.29) is 29.0 Å². The molecule has 1 heterocycles. The van der Waals surface area contributed by atoms with Gasteiger partial charge in [0.2, 0.25) is 5.91 Å². The van der Waals surface area contributed by atoms with Crippen LogP contribution in [0.3, 0.4) is 0 Å². The van der Waals surface area contributed by atoms with Crippen LogP contribution in [-0.2, 0) is 14.6 Å². The predicted octanol–water partition coefficient (Wildman–Crippen LogP) is 2.48. The molecule has 0 aromatic heterocycles. The summed E-state index contributed by atoms with van der Waals surface area (Å²) in [5.41, 5.74) is 0.212. The van der Waals surface area contributed by atoms with Gasteiger partial charge >= 0.3 is 0 Å². The fourth-order valence-electron chi connectivity index (χ4n) is 4.42. The summed E-state index contributed by atoms with van der Waals surface area (Å²) < 4.78 is 23.1. The van der Waals surface area contributed by atoms with Crippen molar-refractivity contribution >= 4 is 15.7 Å². The molecule has 0 N–H and O–H groups in total. The highest BCUT2D eigenvalue weighted by Gasteiger charge is 2.40. The number of sulfone groups is 1. The number of carbonyl (C=O) groups excluding carboxylic acids is 1. The van der Waals surface area contributed by atoms with E-state index in [9.17, 15) is 13.2 Å². The van der Waals surface area contributed by atoms with E-state index in [4.69, 9.17) is 0 Å². The number of hydrogen-bond donors (Lipinski definition) is 0. The van der Waals surface area contributed by atoms with Gasteiger partial charge in [-0.3, -0.25) is 4.79 Å². The normalized spacial score (nSPS) is 33.1. The smallest absolute Gasteiger partial charge is 0.225 e. The minimum Gasteiger partial charge on any atom is -0.338 e. The molecule has 0 aromatic carbocycles. The van der Waals surface area contributed by atoms with Crippen LogP contribution in [-0.4, -0.2) is 43.8 Å². The Bertz CT molecular complexity index is 498. The van der Waals surface area contributed by atoms with Crippen molar-refractivity contribution in [2.75, 3.05) is 18.6 Å². The average molecular weight is 315 g/mol. The fraction of sp³-hybridized carbons (Fsp3) is 0.938. The first kappa shape index (κ1) is 16.8. The molecule has 2 fully saturated rings. The van der Waals surface area contributed by atoms with Gasteiger partial charge in [-0.05, 0) is 43.4 Å². The van der Waals surface area contributed by atoms with E-state index in [1.165, 1.54) is 12.7 Å². The van der Waals surface area contributed by atoms with Crippen LogP contribution in [0.15, 0.2) is 0 Å². The maximum Gasteiger partial charge on any atom is 0.225 e. The van der Waals surface area contributed by atoms with E-state index in [2.05, 4.69) is 20.8 Å². The van der Waals surface area contributed by atoms with Gasteiger partial charge in [-0.15, -0.1) is 0 Å². The van der Waals surface area contributed by atoms with E-state index < -0.39 is 9.84 Å². The zero-order valence-electron chi connectivity index (χ0n) is 13.8. The molecular formula is C16H29NO3S. The first-order chi connectivity index (χ1) is 9.57. The van der Waals surface area contributed by atoms with Crippen molar-refractivity contribution in [3.8, 4) is 0 Å². The van der Waals surface area contributed by atoms with E-state index in [0.717, 1.165) is 32.2 Å². The first-order valence-electron chi connectivity index (χ1n) is 8.06. The van der Waals surface area contributed by atoms with Crippen LogP contribution in [0.25, 0.3) is 0 Å².